The van der Waals surface area contributed by atoms with Crippen molar-refractivity contribution in [2.45, 2.75) is 25.0 Å². The van der Waals surface area contributed by atoms with E-state index in [0.29, 0.717) is 0 Å². The van der Waals surface area contributed by atoms with E-state index in [2.05, 4.69) is 0 Å². The van der Waals surface area contributed by atoms with E-state index in [1.54, 1.807) is 12.2 Å². The van der Waals surface area contributed by atoms with Crippen molar-refractivity contribution in [1.82, 2.24) is 5.32 Å². The SMILES string of the molecule is CCC(=O)O.O=C1CC(S(=O)(=O)O)C(=O)N1. The molecule has 92 valence electrons. The first-order valence-corrected chi connectivity index (χ1v) is 5.70. The molecule has 0 spiro atoms. The molecule has 16 heavy (non-hydrogen) atoms. The largest absolute Gasteiger partial charge is 0.481 e. The van der Waals surface area contributed by atoms with Crippen molar-refractivity contribution in [3.05, 3.63) is 0 Å². The molecule has 1 unspecified atom stereocenters. The molecule has 1 fully saturated rings. The average molecular weight is 253 g/mol. The van der Waals surface area contributed by atoms with Crippen LogP contribution < -0.4 is 5.32 Å². The van der Waals surface area contributed by atoms with Gasteiger partial charge in [-0.15, -0.1) is 0 Å². The van der Waals surface area contributed by atoms with Crippen LogP contribution in [0.4, 0.5) is 0 Å². The Hall–Kier alpha value is -1.48. The highest BCUT2D eigenvalue weighted by molar-refractivity contribution is 7.87. The summed E-state index contributed by atoms with van der Waals surface area (Å²) in [5.41, 5.74) is 0. The van der Waals surface area contributed by atoms with Crippen molar-refractivity contribution < 1.29 is 32.5 Å². The molecule has 2 amide bonds. The number of imide groups is 1. The molecule has 1 saturated heterocycles. The van der Waals surface area contributed by atoms with Gasteiger partial charge in [0, 0.05) is 6.42 Å². The summed E-state index contributed by atoms with van der Waals surface area (Å²) >= 11 is 0. The first kappa shape index (κ1) is 14.5. The first-order chi connectivity index (χ1) is 7.18. The van der Waals surface area contributed by atoms with Crippen molar-refractivity contribution in [3.63, 3.8) is 0 Å². The predicted molar refractivity (Wildman–Crippen MR) is 51.0 cm³/mol. The van der Waals surface area contributed by atoms with Gasteiger partial charge in [0.15, 0.2) is 5.25 Å². The minimum Gasteiger partial charge on any atom is -0.481 e. The third kappa shape index (κ3) is 4.84. The third-order valence-corrected chi connectivity index (χ3v) is 2.69. The number of amides is 2. The fourth-order valence-corrected chi connectivity index (χ4v) is 1.46. The molecule has 0 aromatic heterocycles. The van der Waals surface area contributed by atoms with Gasteiger partial charge in [0.05, 0.1) is 6.42 Å². The van der Waals surface area contributed by atoms with Crippen LogP contribution in [0.5, 0.6) is 0 Å². The van der Waals surface area contributed by atoms with Gasteiger partial charge in [-0.1, -0.05) is 6.92 Å². The van der Waals surface area contributed by atoms with Gasteiger partial charge in [0.1, 0.15) is 0 Å². The van der Waals surface area contributed by atoms with E-state index < -0.39 is 39.6 Å². The van der Waals surface area contributed by atoms with Crippen LogP contribution in [0.25, 0.3) is 0 Å². The summed E-state index contributed by atoms with van der Waals surface area (Å²) in [4.78, 5) is 30.3. The highest BCUT2D eigenvalue weighted by Crippen LogP contribution is 2.09. The smallest absolute Gasteiger partial charge is 0.303 e. The van der Waals surface area contributed by atoms with Crippen LogP contribution in [0.2, 0.25) is 0 Å². The maximum absolute atomic E-state index is 10.6. The Labute approximate surface area is 91.4 Å². The van der Waals surface area contributed by atoms with Gasteiger partial charge in [0.2, 0.25) is 11.8 Å². The van der Waals surface area contributed by atoms with Crippen LogP contribution >= 0.6 is 0 Å². The monoisotopic (exact) mass is 253 g/mol. The number of carbonyl (C=O) groups excluding carboxylic acids is 2. The molecule has 8 nitrogen and oxygen atoms in total. The molecule has 1 heterocycles. The summed E-state index contributed by atoms with van der Waals surface area (Å²) in [7, 11) is -4.42. The van der Waals surface area contributed by atoms with E-state index in [0.717, 1.165) is 0 Å². The van der Waals surface area contributed by atoms with Gasteiger partial charge in [-0.05, 0) is 0 Å². The van der Waals surface area contributed by atoms with E-state index in [1.807, 2.05) is 0 Å². The Morgan fingerprint density at radius 2 is 1.94 bits per heavy atom. The van der Waals surface area contributed by atoms with Crippen LogP contribution in [0.3, 0.4) is 0 Å². The van der Waals surface area contributed by atoms with Crippen LogP contribution in [-0.2, 0) is 24.5 Å². The van der Waals surface area contributed by atoms with E-state index in [-0.39, 0.29) is 6.42 Å². The summed E-state index contributed by atoms with van der Waals surface area (Å²) in [6.07, 6.45) is -0.266. The third-order valence-electron chi connectivity index (χ3n) is 1.59. The lowest BCUT2D eigenvalue weighted by atomic mass is 10.4. The fraction of sp³-hybridized carbons (Fsp3) is 0.571. The quantitative estimate of drug-likeness (QED) is 0.413. The maximum atomic E-state index is 10.6. The molecule has 0 bridgehead atoms. The van der Waals surface area contributed by atoms with Gasteiger partial charge in [0.25, 0.3) is 10.1 Å². The van der Waals surface area contributed by atoms with Crippen molar-refractivity contribution in [2.24, 2.45) is 0 Å². The molecule has 9 heteroatoms. The van der Waals surface area contributed by atoms with E-state index in [1.165, 1.54) is 0 Å². The lowest BCUT2D eigenvalue weighted by molar-refractivity contribution is -0.136. The first-order valence-electron chi connectivity index (χ1n) is 4.20. The molecule has 0 radical (unpaired) electrons. The predicted octanol–water partition coefficient (Wildman–Crippen LogP) is -1.23. The minimum absolute atomic E-state index is 0.222. The summed E-state index contributed by atoms with van der Waals surface area (Å²) in [6.45, 7) is 1.60. The van der Waals surface area contributed by atoms with Crippen LogP contribution in [0.15, 0.2) is 0 Å². The van der Waals surface area contributed by atoms with Crippen LogP contribution in [0, 0.1) is 0 Å². The molecule has 0 aromatic carbocycles. The molecule has 1 atom stereocenters. The summed E-state index contributed by atoms with van der Waals surface area (Å²) in [5, 5.41) is 7.86. The molecule has 1 aliphatic heterocycles. The van der Waals surface area contributed by atoms with Gasteiger partial charge in [-0.3, -0.25) is 24.3 Å². The zero-order valence-corrected chi connectivity index (χ0v) is 9.15. The molecule has 3 N–H and O–H groups in total. The van der Waals surface area contributed by atoms with Crippen molar-refractivity contribution >= 4 is 27.9 Å². The number of rotatable bonds is 2. The lowest BCUT2D eigenvalue weighted by Gasteiger charge is -1.98. The Morgan fingerprint density at radius 1 is 1.50 bits per heavy atom. The van der Waals surface area contributed by atoms with Crippen LogP contribution in [0.1, 0.15) is 19.8 Å². The van der Waals surface area contributed by atoms with Gasteiger partial charge < -0.3 is 5.11 Å². The highest BCUT2D eigenvalue weighted by Gasteiger charge is 2.39. The lowest BCUT2D eigenvalue weighted by Crippen LogP contribution is -2.30. The fourth-order valence-electron chi connectivity index (χ4n) is 0.771. The van der Waals surface area contributed by atoms with Gasteiger partial charge >= 0.3 is 5.97 Å². The second kappa shape index (κ2) is 5.56. The summed E-state index contributed by atoms with van der Waals surface area (Å²) in [6, 6.07) is 0. The van der Waals surface area contributed by atoms with Crippen molar-refractivity contribution in [2.75, 3.05) is 0 Å². The van der Waals surface area contributed by atoms with E-state index in [9.17, 15) is 22.8 Å². The Morgan fingerprint density at radius 3 is 2.06 bits per heavy atom. The number of aliphatic carboxylic acids is 1. The Bertz CT molecular complexity index is 399. The second-order valence-corrected chi connectivity index (χ2v) is 4.47. The van der Waals surface area contributed by atoms with E-state index in [4.69, 9.17) is 9.66 Å². The molecular weight excluding hydrogens is 242 g/mol. The number of hydrogen-bond donors (Lipinski definition) is 3. The Balaban J connectivity index is 0.000000385. The van der Waals surface area contributed by atoms with Crippen molar-refractivity contribution in [3.8, 4) is 0 Å². The topological polar surface area (TPSA) is 138 Å². The normalized spacial score (nSPS) is 19.8. The van der Waals surface area contributed by atoms with Gasteiger partial charge in [-0.25, -0.2) is 0 Å². The molecular formula is C7H11NO7S. The average Bonchev–Trinajstić information content (AvgIpc) is 2.45. The van der Waals surface area contributed by atoms with Gasteiger partial charge in [-0.2, -0.15) is 8.42 Å². The van der Waals surface area contributed by atoms with E-state index >= 15 is 0 Å². The summed E-state index contributed by atoms with van der Waals surface area (Å²) in [5.74, 6) is -2.39. The second-order valence-electron chi connectivity index (χ2n) is 2.87. The number of nitrogens with one attached hydrogen (secondary N) is 1. The van der Waals surface area contributed by atoms with Crippen molar-refractivity contribution in [1.29, 1.82) is 0 Å². The minimum atomic E-state index is -4.42. The number of carbonyl (C=O) groups is 3. The number of carboxylic acid groups (broad SMARTS) is 1. The zero-order valence-electron chi connectivity index (χ0n) is 8.34. The molecule has 0 aliphatic carbocycles. The molecule has 1 aliphatic rings. The zero-order chi connectivity index (χ0) is 12.9. The maximum Gasteiger partial charge on any atom is 0.303 e. The molecule has 1 rings (SSSR count). The standard InChI is InChI=1S/C4H5NO5S.C3H6O2/c6-3-1-2(4(7)5-3)11(8,9)10;1-2-3(4)5/h2H,1H2,(H,5,6,7)(H,8,9,10);2H2,1H3,(H,4,5). The highest BCUT2D eigenvalue weighted by atomic mass is 32.2. The number of hydrogen-bond acceptors (Lipinski definition) is 5. The Kier molecular flexibility index (Phi) is 5.05. The molecule has 0 saturated carbocycles. The summed E-state index contributed by atoms with van der Waals surface area (Å²) < 4.78 is 29.0. The van der Waals surface area contributed by atoms with Crippen LogP contribution in [-0.4, -0.2) is 41.1 Å². The molecule has 0 aromatic rings. The number of carboxylic acids is 1.